The fourth-order valence-corrected chi connectivity index (χ4v) is 4.05. The summed E-state index contributed by atoms with van der Waals surface area (Å²) in [6, 6.07) is 0.724. The van der Waals surface area contributed by atoms with Crippen LogP contribution in [0.1, 0.15) is 62.5 Å². The zero-order valence-corrected chi connectivity index (χ0v) is 13.2. The van der Waals surface area contributed by atoms with Crippen LogP contribution < -0.4 is 5.32 Å². The predicted molar refractivity (Wildman–Crippen MR) is 79.2 cm³/mol. The molecule has 0 spiro atoms. The van der Waals surface area contributed by atoms with E-state index in [1.165, 1.54) is 28.4 Å². The molecule has 1 aliphatic rings. The monoisotopic (exact) mass is 266 g/mol. The molecule has 0 amide bonds. The molecule has 0 bridgehead atoms. The highest BCUT2D eigenvalue weighted by atomic mass is 32.1. The van der Waals surface area contributed by atoms with E-state index in [9.17, 15) is 0 Å². The third-order valence-corrected chi connectivity index (χ3v) is 5.38. The molecule has 1 saturated carbocycles. The zero-order chi connectivity index (χ0) is 13.3. The van der Waals surface area contributed by atoms with E-state index in [1.54, 1.807) is 0 Å². The summed E-state index contributed by atoms with van der Waals surface area (Å²) in [7, 11) is 0. The van der Waals surface area contributed by atoms with Gasteiger partial charge in [0.15, 0.2) is 0 Å². The van der Waals surface area contributed by atoms with Gasteiger partial charge in [-0.05, 0) is 38.5 Å². The maximum Gasteiger partial charge on any atom is 0.114 e. The molecule has 2 nitrogen and oxygen atoms in total. The van der Waals surface area contributed by atoms with Crippen LogP contribution in [-0.4, -0.2) is 11.0 Å². The minimum Gasteiger partial charge on any atom is -0.302 e. The highest BCUT2D eigenvalue weighted by molar-refractivity contribution is 7.11. The number of thiazole rings is 1. The van der Waals surface area contributed by atoms with Gasteiger partial charge in [-0.2, -0.15) is 0 Å². The summed E-state index contributed by atoms with van der Waals surface area (Å²) in [4.78, 5) is 6.32. The second-order valence-corrected chi connectivity index (χ2v) is 6.98. The zero-order valence-electron chi connectivity index (χ0n) is 12.3. The number of nitrogens with one attached hydrogen (secondary N) is 1. The molecular formula is C15H26N2S. The number of rotatable bonds is 6. The van der Waals surface area contributed by atoms with Crippen molar-refractivity contribution in [2.24, 2.45) is 5.92 Å². The predicted octanol–water partition coefficient (Wildman–Crippen LogP) is 4.03. The van der Waals surface area contributed by atoms with Crippen molar-refractivity contribution < 1.29 is 0 Å². The molecule has 1 N–H and O–H groups in total. The SMILES string of the molecule is CCc1nc(C(CC)(NC2CC2)C(C)C)sc1C. The Morgan fingerprint density at radius 2 is 2.06 bits per heavy atom. The van der Waals surface area contributed by atoms with E-state index in [-0.39, 0.29) is 5.54 Å². The molecule has 1 heterocycles. The Labute approximate surface area is 115 Å². The first-order valence-electron chi connectivity index (χ1n) is 7.28. The molecule has 0 radical (unpaired) electrons. The van der Waals surface area contributed by atoms with Crippen molar-refractivity contribution >= 4 is 11.3 Å². The molecule has 18 heavy (non-hydrogen) atoms. The molecule has 1 unspecified atom stereocenters. The largest absolute Gasteiger partial charge is 0.302 e. The van der Waals surface area contributed by atoms with Crippen molar-refractivity contribution in [1.82, 2.24) is 10.3 Å². The molecule has 1 atom stereocenters. The molecule has 1 aromatic heterocycles. The van der Waals surface area contributed by atoms with Crippen LogP contribution in [0.2, 0.25) is 0 Å². The van der Waals surface area contributed by atoms with Crippen molar-refractivity contribution in [2.45, 2.75) is 71.9 Å². The molecule has 102 valence electrons. The number of aryl methyl sites for hydroxylation is 2. The van der Waals surface area contributed by atoms with E-state index in [0.717, 1.165) is 18.9 Å². The molecule has 1 aromatic rings. The van der Waals surface area contributed by atoms with Gasteiger partial charge in [-0.15, -0.1) is 11.3 Å². The van der Waals surface area contributed by atoms with E-state index in [0.29, 0.717) is 5.92 Å². The van der Waals surface area contributed by atoms with Gasteiger partial charge in [0.1, 0.15) is 5.01 Å². The average molecular weight is 266 g/mol. The van der Waals surface area contributed by atoms with Gasteiger partial charge >= 0.3 is 0 Å². The van der Waals surface area contributed by atoms with Crippen LogP contribution in [0.25, 0.3) is 0 Å². The van der Waals surface area contributed by atoms with Crippen LogP contribution >= 0.6 is 11.3 Å². The molecular weight excluding hydrogens is 240 g/mol. The lowest BCUT2D eigenvalue weighted by Crippen LogP contribution is -2.47. The summed E-state index contributed by atoms with van der Waals surface area (Å²) in [5.41, 5.74) is 1.37. The Morgan fingerprint density at radius 1 is 1.39 bits per heavy atom. The Balaban J connectivity index is 2.36. The Hall–Kier alpha value is -0.410. The van der Waals surface area contributed by atoms with Gasteiger partial charge in [0.05, 0.1) is 11.2 Å². The summed E-state index contributed by atoms with van der Waals surface area (Å²) in [6.07, 6.45) is 4.83. The molecule has 3 heteroatoms. The quantitative estimate of drug-likeness (QED) is 0.841. The van der Waals surface area contributed by atoms with Crippen molar-refractivity contribution in [1.29, 1.82) is 0 Å². The van der Waals surface area contributed by atoms with Gasteiger partial charge in [0, 0.05) is 10.9 Å². The van der Waals surface area contributed by atoms with Crippen LogP contribution in [-0.2, 0) is 12.0 Å². The van der Waals surface area contributed by atoms with Crippen LogP contribution in [0.4, 0.5) is 0 Å². The highest BCUT2D eigenvalue weighted by Crippen LogP contribution is 2.39. The number of hydrogen-bond donors (Lipinski definition) is 1. The van der Waals surface area contributed by atoms with Gasteiger partial charge in [-0.3, -0.25) is 0 Å². The lowest BCUT2D eigenvalue weighted by Gasteiger charge is -2.36. The smallest absolute Gasteiger partial charge is 0.114 e. The first kappa shape index (κ1) is 14.0. The molecule has 0 saturated heterocycles. The number of nitrogens with zero attached hydrogens (tertiary/aromatic N) is 1. The van der Waals surface area contributed by atoms with Crippen molar-refractivity contribution in [3.63, 3.8) is 0 Å². The van der Waals surface area contributed by atoms with Gasteiger partial charge in [-0.1, -0.05) is 27.7 Å². The molecule has 2 rings (SSSR count). The molecule has 1 fully saturated rings. The Morgan fingerprint density at radius 3 is 2.44 bits per heavy atom. The van der Waals surface area contributed by atoms with E-state index in [2.05, 4.69) is 39.9 Å². The summed E-state index contributed by atoms with van der Waals surface area (Å²) in [5.74, 6) is 0.582. The normalized spacial score (nSPS) is 19.2. The Bertz CT molecular complexity index is 407. The third kappa shape index (κ3) is 2.48. The minimum absolute atomic E-state index is 0.0873. The van der Waals surface area contributed by atoms with Crippen LogP contribution in [0.5, 0.6) is 0 Å². The molecule has 0 aromatic carbocycles. The van der Waals surface area contributed by atoms with Crippen LogP contribution in [0.15, 0.2) is 0 Å². The van der Waals surface area contributed by atoms with Crippen LogP contribution in [0, 0.1) is 12.8 Å². The fraction of sp³-hybridized carbons (Fsp3) is 0.800. The Kier molecular flexibility index (Phi) is 4.12. The maximum atomic E-state index is 4.93. The van der Waals surface area contributed by atoms with Gasteiger partial charge < -0.3 is 5.32 Å². The maximum absolute atomic E-state index is 4.93. The molecule has 0 aliphatic heterocycles. The van der Waals surface area contributed by atoms with E-state index < -0.39 is 0 Å². The number of hydrogen-bond acceptors (Lipinski definition) is 3. The first-order valence-corrected chi connectivity index (χ1v) is 8.09. The summed E-state index contributed by atoms with van der Waals surface area (Å²) in [5, 5.41) is 5.19. The van der Waals surface area contributed by atoms with Crippen molar-refractivity contribution in [3.8, 4) is 0 Å². The van der Waals surface area contributed by atoms with E-state index in [1.807, 2.05) is 11.3 Å². The minimum atomic E-state index is 0.0873. The van der Waals surface area contributed by atoms with Gasteiger partial charge in [0.25, 0.3) is 0 Å². The standard InChI is InChI=1S/C15H26N2S/c1-6-13-11(5)18-14(16-13)15(7-2,10(3)4)17-12-8-9-12/h10,12,17H,6-9H2,1-5H3. The second-order valence-electron chi connectivity index (χ2n) is 5.77. The summed E-state index contributed by atoms with van der Waals surface area (Å²) in [6.45, 7) is 11.3. The van der Waals surface area contributed by atoms with E-state index in [4.69, 9.17) is 4.98 Å². The fourth-order valence-electron chi connectivity index (χ4n) is 2.68. The van der Waals surface area contributed by atoms with Crippen molar-refractivity contribution in [2.75, 3.05) is 0 Å². The first-order chi connectivity index (χ1) is 8.53. The third-order valence-electron chi connectivity index (χ3n) is 4.19. The average Bonchev–Trinajstić information content (AvgIpc) is 3.07. The molecule has 1 aliphatic carbocycles. The van der Waals surface area contributed by atoms with Crippen molar-refractivity contribution in [3.05, 3.63) is 15.6 Å². The second kappa shape index (κ2) is 5.30. The lowest BCUT2D eigenvalue weighted by atomic mass is 9.84. The summed E-state index contributed by atoms with van der Waals surface area (Å²) >= 11 is 1.89. The van der Waals surface area contributed by atoms with Gasteiger partial charge in [-0.25, -0.2) is 4.98 Å². The van der Waals surface area contributed by atoms with Gasteiger partial charge in [0.2, 0.25) is 0 Å². The lowest BCUT2D eigenvalue weighted by molar-refractivity contribution is 0.224. The highest BCUT2D eigenvalue weighted by Gasteiger charge is 2.41. The van der Waals surface area contributed by atoms with E-state index >= 15 is 0 Å². The number of aromatic nitrogens is 1. The topological polar surface area (TPSA) is 24.9 Å². The van der Waals surface area contributed by atoms with Crippen LogP contribution in [0.3, 0.4) is 0 Å². The summed E-state index contributed by atoms with van der Waals surface area (Å²) < 4.78 is 0.